The predicted molar refractivity (Wildman–Crippen MR) is 260 cm³/mol. The van der Waals surface area contributed by atoms with Gasteiger partial charge in [-0.25, -0.2) is 9.97 Å². The molecular formula is C58H36N4O. The van der Waals surface area contributed by atoms with Crippen LogP contribution in [-0.4, -0.2) is 19.1 Å². The van der Waals surface area contributed by atoms with Crippen LogP contribution in [0.4, 0.5) is 0 Å². The van der Waals surface area contributed by atoms with Gasteiger partial charge in [-0.2, -0.15) is 0 Å². The van der Waals surface area contributed by atoms with E-state index in [0.717, 1.165) is 89.1 Å². The molecule has 0 spiro atoms. The van der Waals surface area contributed by atoms with Gasteiger partial charge in [-0.15, -0.1) is 0 Å². The summed E-state index contributed by atoms with van der Waals surface area (Å²) in [6.45, 7) is 0. The van der Waals surface area contributed by atoms with Gasteiger partial charge in [-0.3, -0.25) is 0 Å². The number of benzene rings is 9. The Morgan fingerprint density at radius 3 is 1.63 bits per heavy atom. The Balaban J connectivity index is 1.08. The van der Waals surface area contributed by atoms with Crippen LogP contribution < -0.4 is 0 Å². The first-order valence-corrected chi connectivity index (χ1v) is 21.3. The van der Waals surface area contributed by atoms with Crippen molar-refractivity contribution in [3.63, 3.8) is 0 Å². The smallest absolute Gasteiger partial charge is 0.164 e. The number of aromatic nitrogens is 4. The predicted octanol–water partition coefficient (Wildman–Crippen LogP) is 15.2. The fraction of sp³-hybridized carbons (Fsp3) is 0. The lowest BCUT2D eigenvalue weighted by molar-refractivity contribution is 0.669. The van der Waals surface area contributed by atoms with Crippen molar-refractivity contribution in [2.24, 2.45) is 0 Å². The van der Waals surface area contributed by atoms with E-state index in [1.165, 1.54) is 27.1 Å². The quantitative estimate of drug-likeness (QED) is 0.168. The molecule has 0 radical (unpaired) electrons. The average molecular weight is 805 g/mol. The maximum atomic E-state index is 6.94. The first-order valence-electron chi connectivity index (χ1n) is 21.3. The number of furan rings is 1. The molecule has 4 heterocycles. The Morgan fingerprint density at radius 1 is 0.365 bits per heavy atom. The summed E-state index contributed by atoms with van der Waals surface area (Å²) in [4.78, 5) is 10.4. The third-order valence-corrected chi connectivity index (χ3v) is 12.5. The van der Waals surface area contributed by atoms with Gasteiger partial charge in [0.05, 0.1) is 44.7 Å². The van der Waals surface area contributed by atoms with Crippen LogP contribution in [0.1, 0.15) is 0 Å². The maximum Gasteiger partial charge on any atom is 0.164 e. The molecule has 13 rings (SSSR count). The van der Waals surface area contributed by atoms with E-state index in [1.54, 1.807) is 0 Å². The van der Waals surface area contributed by atoms with E-state index in [1.807, 2.05) is 36.4 Å². The van der Waals surface area contributed by atoms with E-state index < -0.39 is 0 Å². The molecule has 294 valence electrons. The van der Waals surface area contributed by atoms with E-state index in [-0.39, 0.29) is 0 Å². The number of hydrogen-bond donors (Lipinski definition) is 0. The van der Waals surface area contributed by atoms with Crippen LogP contribution in [-0.2, 0) is 0 Å². The summed E-state index contributed by atoms with van der Waals surface area (Å²) in [5.41, 5.74) is 15.3. The summed E-state index contributed by atoms with van der Waals surface area (Å²) in [5, 5.41) is 6.88. The Hall–Kier alpha value is -8.54. The Kier molecular flexibility index (Phi) is 7.84. The molecule has 5 heteroatoms. The third-order valence-electron chi connectivity index (χ3n) is 12.5. The Bertz CT molecular complexity index is 3840. The number of para-hydroxylation sites is 5. The summed E-state index contributed by atoms with van der Waals surface area (Å²) >= 11 is 0. The molecule has 0 atom stereocenters. The highest BCUT2D eigenvalue weighted by Crippen LogP contribution is 2.46. The molecule has 0 aliphatic rings. The van der Waals surface area contributed by atoms with Crippen molar-refractivity contribution >= 4 is 65.6 Å². The highest BCUT2D eigenvalue weighted by Gasteiger charge is 2.24. The minimum Gasteiger partial charge on any atom is -0.455 e. The van der Waals surface area contributed by atoms with E-state index in [0.29, 0.717) is 5.82 Å². The summed E-state index contributed by atoms with van der Waals surface area (Å²) in [7, 11) is 0. The molecular weight excluding hydrogens is 769 g/mol. The second-order valence-corrected chi connectivity index (χ2v) is 16.1. The molecule has 13 aromatic rings. The first-order chi connectivity index (χ1) is 31.3. The summed E-state index contributed by atoms with van der Waals surface area (Å²) < 4.78 is 11.8. The lowest BCUT2D eigenvalue weighted by Gasteiger charge is -2.14. The Morgan fingerprint density at radius 2 is 0.905 bits per heavy atom. The molecule has 0 aliphatic carbocycles. The zero-order valence-corrected chi connectivity index (χ0v) is 34.0. The topological polar surface area (TPSA) is 48.8 Å². The van der Waals surface area contributed by atoms with Crippen molar-refractivity contribution in [1.29, 1.82) is 0 Å². The minimum absolute atomic E-state index is 0.617. The fourth-order valence-corrected chi connectivity index (χ4v) is 9.86. The molecule has 0 N–H and O–H groups in total. The molecule has 0 amide bonds. The van der Waals surface area contributed by atoms with Crippen LogP contribution in [0.25, 0.3) is 122 Å². The Labute approximate surface area is 362 Å². The van der Waals surface area contributed by atoms with Gasteiger partial charge in [0.15, 0.2) is 5.82 Å². The maximum absolute atomic E-state index is 6.94. The zero-order valence-electron chi connectivity index (χ0n) is 34.0. The van der Waals surface area contributed by atoms with E-state index in [9.17, 15) is 0 Å². The number of fused-ring (bicyclic) bond motifs is 9. The van der Waals surface area contributed by atoms with Gasteiger partial charge in [0.25, 0.3) is 0 Å². The molecule has 9 aromatic carbocycles. The van der Waals surface area contributed by atoms with Crippen molar-refractivity contribution in [1.82, 2.24) is 19.1 Å². The largest absolute Gasteiger partial charge is 0.455 e. The zero-order chi connectivity index (χ0) is 41.4. The summed E-state index contributed by atoms with van der Waals surface area (Å²) in [6.07, 6.45) is 0. The van der Waals surface area contributed by atoms with Crippen LogP contribution >= 0.6 is 0 Å². The molecule has 63 heavy (non-hydrogen) atoms. The van der Waals surface area contributed by atoms with Gasteiger partial charge in [-0.05, 0) is 60.2 Å². The molecule has 5 nitrogen and oxygen atoms in total. The SMILES string of the molecule is c1ccc(-c2cc(-c3ccccc3)nc(-c3cccc4c3oc3cccc(-c5cccc6c7ccccc7n(-c7cccc8c7c7ccccc7n8-c7ccccc7)c56)c34)n2)cc1. The highest BCUT2D eigenvalue weighted by molar-refractivity contribution is 6.22. The minimum atomic E-state index is 0.617. The van der Waals surface area contributed by atoms with Crippen molar-refractivity contribution in [2.75, 3.05) is 0 Å². The van der Waals surface area contributed by atoms with Crippen LogP contribution in [0.5, 0.6) is 0 Å². The van der Waals surface area contributed by atoms with Crippen molar-refractivity contribution in [3.8, 4) is 56.4 Å². The standard InChI is InChI=1S/C58H36N4O/c1-4-18-37(19-5-1)47-36-48(38-20-6-2-7-21-38)60-58(59-47)46-30-15-29-45-54-41(26-16-35-53(54)63-57(45)46)43-28-14-27-42-40-24-10-12-31-49(40)62(56(42)43)52-34-17-33-51-55(52)44-25-11-13-32-50(44)61(51)39-22-8-3-9-23-39/h1-36H. The summed E-state index contributed by atoms with van der Waals surface area (Å²) in [5.74, 6) is 0.617. The van der Waals surface area contributed by atoms with Gasteiger partial charge >= 0.3 is 0 Å². The third kappa shape index (κ3) is 5.43. The van der Waals surface area contributed by atoms with E-state index >= 15 is 0 Å². The van der Waals surface area contributed by atoms with Crippen molar-refractivity contribution in [2.45, 2.75) is 0 Å². The molecule has 0 aliphatic heterocycles. The van der Waals surface area contributed by atoms with Gasteiger partial charge < -0.3 is 13.6 Å². The normalized spacial score (nSPS) is 11.8. The van der Waals surface area contributed by atoms with Crippen molar-refractivity contribution < 1.29 is 4.42 Å². The van der Waals surface area contributed by atoms with Gasteiger partial charge in [0.2, 0.25) is 0 Å². The van der Waals surface area contributed by atoms with Crippen molar-refractivity contribution in [3.05, 3.63) is 218 Å². The first kappa shape index (κ1) is 35.2. The van der Waals surface area contributed by atoms with Crippen LogP contribution in [0, 0.1) is 0 Å². The molecule has 4 aromatic heterocycles. The highest BCUT2D eigenvalue weighted by atomic mass is 16.3. The average Bonchev–Trinajstić information content (AvgIpc) is 4.03. The van der Waals surface area contributed by atoms with E-state index in [4.69, 9.17) is 14.4 Å². The molecule has 0 saturated heterocycles. The fourth-order valence-electron chi connectivity index (χ4n) is 9.86. The van der Waals surface area contributed by atoms with Crippen LogP contribution in [0.15, 0.2) is 223 Å². The van der Waals surface area contributed by atoms with Crippen LogP contribution in [0.3, 0.4) is 0 Å². The van der Waals surface area contributed by atoms with Gasteiger partial charge in [0, 0.05) is 54.7 Å². The lowest BCUT2D eigenvalue weighted by Crippen LogP contribution is -1.98. The number of nitrogens with zero attached hydrogens (tertiary/aromatic N) is 4. The number of hydrogen-bond acceptors (Lipinski definition) is 3. The van der Waals surface area contributed by atoms with Crippen LogP contribution in [0.2, 0.25) is 0 Å². The molecule has 0 unspecified atom stereocenters. The second-order valence-electron chi connectivity index (χ2n) is 16.1. The second kappa shape index (κ2) is 14.0. The van der Waals surface area contributed by atoms with Gasteiger partial charge in [0.1, 0.15) is 11.2 Å². The summed E-state index contributed by atoms with van der Waals surface area (Å²) in [6, 6.07) is 77.1. The molecule has 0 bridgehead atoms. The van der Waals surface area contributed by atoms with E-state index in [2.05, 4.69) is 191 Å². The lowest BCUT2D eigenvalue weighted by atomic mass is 9.96. The number of rotatable bonds is 6. The molecule has 0 saturated carbocycles. The molecule has 0 fully saturated rings. The van der Waals surface area contributed by atoms with Gasteiger partial charge in [-0.1, -0.05) is 164 Å². The monoisotopic (exact) mass is 804 g/mol.